The Kier molecular flexibility index (Phi) is 5.41. The normalized spacial score (nSPS) is 17.1. The lowest BCUT2D eigenvalue weighted by atomic mass is 9.74. The average Bonchev–Trinajstić information content (AvgIpc) is 2.45. The number of carboxylic acids is 1. The van der Waals surface area contributed by atoms with E-state index in [1.165, 1.54) is 0 Å². The molecule has 1 amide bonds. The Hall–Kier alpha value is -2.04. The van der Waals surface area contributed by atoms with E-state index >= 15 is 0 Å². The minimum Gasteiger partial charge on any atom is -0.494 e. The van der Waals surface area contributed by atoms with Gasteiger partial charge in [0.2, 0.25) is 5.91 Å². The number of carbonyl (C=O) groups is 2. The Labute approximate surface area is 130 Å². The predicted octanol–water partition coefficient (Wildman–Crippen LogP) is 2.61. The first kappa shape index (κ1) is 16.3. The van der Waals surface area contributed by atoms with Crippen LogP contribution in [0.1, 0.15) is 39.0 Å². The lowest BCUT2D eigenvalue weighted by Gasteiger charge is -2.42. The Morgan fingerprint density at radius 1 is 1.32 bits per heavy atom. The molecular formula is C17H23NO4. The second kappa shape index (κ2) is 7.29. The van der Waals surface area contributed by atoms with E-state index in [0.717, 1.165) is 25.0 Å². The quantitative estimate of drug-likeness (QED) is 0.774. The van der Waals surface area contributed by atoms with Gasteiger partial charge in [0.25, 0.3) is 0 Å². The summed E-state index contributed by atoms with van der Waals surface area (Å²) in [6, 6.07) is 9.47. The molecule has 0 aliphatic heterocycles. The molecule has 0 saturated heterocycles. The van der Waals surface area contributed by atoms with Gasteiger partial charge >= 0.3 is 5.97 Å². The van der Waals surface area contributed by atoms with E-state index in [0.29, 0.717) is 13.0 Å². The van der Waals surface area contributed by atoms with Gasteiger partial charge in [-0.3, -0.25) is 9.59 Å². The fourth-order valence-corrected chi connectivity index (χ4v) is 2.62. The lowest BCUT2D eigenvalue weighted by molar-refractivity contribution is -0.140. The second-order valence-electron chi connectivity index (χ2n) is 6.04. The van der Waals surface area contributed by atoms with Gasteiger partial charge in [0, 0.05) is 5.92 Å². The van der Waals surface area contributed by atoms with Crippen molar-refractivity contribution in [2.24, 2.45) is 5.92 Å². The molecule has 0 heterocycles. The highest BCUT2D eigenvalue weighted by molar-refractivity contribution is 5.80. The van der Waals surface area contributed by atoms with Crippen LogP contribution in [0.2, 0.25) is 0 Å². The molecule has 120 valence electrons. The number of carboxylic acid groups (broad SMARTS) is 1. The van der Waals surface area contributed by atoms with E-state index in [1.54, 1.807) is 0 Å². The summed E-state index contributed by atoms with van der Waals surface area (Å²) in [4.78, 5) is 23.1. The third kappa shape index (κ3) is 4.48. The number of rotatable bonds is 8. The van der Waals surface area contributed by atoms with Crippen molar-refractivity contribution in [3.63, 3.8) is 0 Å². The summed E-state index contributed by atoms with van der Waals surface area (Å²) in [5, 5.41) is 11.9. The number of para-hydroxylation sites is 1. The second-order valence-corrected chi connectivity index (χ2v) is 6.04. The molecule has 1 aliphatic carbocycles. The van der Waals surface area contributed by atoms with E-state index in [1.807, 2.05) is 37.3 Å². The largest absolute Gasteiger partial charge is 0.494 e. The van der Waals surface area contributed by atoms with E-state index < -0.39 is 11.5 Å². The highest BCUT2D eigenvalue weighted by Gasteiger charge is 2.40. The van der Waals surface area contributed by atoms with Crippen LogP contribution in [0.15, 0.2) is 30.3 Å². The third-order valence-electron chi connectivity index (χ3n) is 4.20. The number of nitrogens with one attached hydrogen (secondary N) is 1. The summed E-state index contributed by atoms with van der Waals surface area (Å²) in [5.74, 6) is -0.357. The lowest BCUT2D eigenvalue weighted by Crippen LogP contribution is -2.55. The van der Waals surface area contributed by atoms with E-state index in [2.05, 4.69) is 5.32 Å². The molecule has 0 bridgehead atoms. The SMILES string of the molecule is CC(CCOc1ccccc1)C(=O)NC1(CC(=O)O)CCC1. The van der Waals surface area contributed by atoms with Gasteiger partial charge in [0.05, 0.1) is 18.6 Å². The molecule has 0 aromatic heterocycles. The molecule has 5 heteroatoms. The molecule has 22 heavy (non-hydrogen) atoms. The van der Waals surface area contributed by atoms with Crippen molar-refractivity contribution >= 4 is 11.9 Å². The molecule has 1 unspecified atom stereocenters. The number of carbonyl (C=O) groups excluding carboxylic acids is 1. The molecule has 2 N–H and O–H groups in total. The standard InChI is InChI=1S/C17H23NO4/c1-13(8-11-22-14-6-3-2-4-7-14)16(21)18-17(9-5-10-17)12-15(19)20/h2-4,6-7,13H,5,8-12H2,1H3,(H,18,21)(H,19,20). The molecule has 1 saturated carbocycles. The van der Waals surface area contributed by atoms with Gasteiger partial charge in [-0.1, -0.05) is 25.1 Å². The highest BCUT2D eigenvalue weighted by Crippen LogP contribution is 2.35. The zero-order valence-electron chi connectivity index (χ0n) is 12.9. The van der Waals surface area contributed by atoms with Crippen LogP contribution in [0.25, 0.3) is 0 Å². The summed E-state index contributed by atoms with van der Waals surface area (Å²) in [6.07, 6.45) is 3.07. The smallest absolute Gasteiger partial charge is 0.305 e. The minimum atomic E-state index is -0.861. The summed E-state index contributed by atoms with van der Waals surface area (Å²) < 4.78 is 5.59. The first-order chi connectivity index (χ1) is 10.5. The van der Waals surface area contributed by atoms with Crippen LogP contribution < -0.4 is 10.1 Å². The maximum atomic E-state index is 12.2. The fraction of sp³-hybridized carbons (Fsp3) is 0.529. The predicted molar refractivity (Wildman–Crippen MR) is 82.7 cm³/mol. The topological polar surface area (TPSA) is 75.6 Å². The van der Waals surface area contributed by atoms with E-state index in [-0.39, 0.29) is 18.2 Å². The molecule has 1 aliphatic rings. The van der Waals surface area contributed by atoms with Crippen molar-refractivity contribution in [2.45, 2.75) is 44.6 Å². The Balaban J connectivity index is 1.76. The van der Waals surface area contributed by atoms with Gasteiger partial charge in [-0.25, -0.2) is 0 Å². The van der Waals surface area contributed by atoms with Crippen LogP contribution in [-0.2, 0) is 9.59 Å². The molecule has 0 spiro atoms. The van der Waals surface area contributed by atoms with E-state index in [9.17, 15) is 9.59 Å². The van der Waals surface area contributed by atoms with Crippen molar-refractivity contribution in [3.8, 4) is 5.75 Å². The van der Waals surface area contributed by atoms with Gasteiger partial charge in [-0.15, -0.1) is 0 Å². The number of aliphatic carboxylic acids is 1. The molecule has 1 aromatic carbocycles. The summed E-state index contributed by atoms with van der Waals surface area (Å²) >= 11 is 0. The molecule has 0 radical (unpaired) electrons. The zero-order chi connectivity index (χ0) is 16.0. The maximum absolute atomic E-state index is 12.2. The van der Waals surface area contributed by atoms with Crippen molar-refractivity contribution in [3.05, 3.63) is 30.3 Å². The number of benzene rings is 1. The third-order valence-corrected chi connectivity index (χ3v) is 4.20. The number of ether oxygens (including phenoxy) is 1. The molecule has 1 fully saturated rings. The molecule has 2 rings (SSSR count). The van der Waals surface area contributed by atoms with Crippen molar-refractivity contribution in [1.29, 1.82) is 0 Å². The minimum absolute atomic E-state index is 0.00593. The van der Waals surface area contributed by atoms with Crippen molar-refractivity contribution in [1.82, 2.24) is 5.32 Å². The summed E-state index contributed by atoms with van der Waals surface area (Å²) in [7, 11) is 0. The van der Waals surface area contributed by atoms with Crippen LogP contribution >= 0.6 is 0 Å². The van der Waals surface area contributed by atoms with Crippen LogP contribution in [0.4, 0.5) is 0 Å². The maximum Gasteiger partial charge on any atom is 0.305 e. The molecule has 1 aromatic rings. The average molecular weight is 305 g/mol. The van der Waals surface area contributed by atoms with E-state index in [4.69, 9.17) is 9.84 Å². The summed E-state index contributed by atoms with van der Waals surface area (Å²) in [6.45, 7) is 2.31. The van der Waals surface area contributed by atoms with Crippen molar-refractivity contribution < 1.29 is 19.4 Å². The van der Waals surface area contributed by atoms with Crippen molar-refractivity contribution in [2.75, 3.05) is 6.61 Å². The number of hydrogen-bond donors (Lipinski definition) is 2. The first-order valence-electron chi connectivity index (χ1n) is 7.72. The Morgan fingerprint density at radius 3 is 2.55 bits per heavy atom. The monoisotopic (exact) mass is 305 g/mol. The highest BCUT2D eigenvalue weighted by atomic mass is 16.5. The Morgan fingerprint density at radius 2 is 2.00 bits per heavy atom. The first-order valence-corrected chi connectivity index (χ1v) is 7.72. The fourth-order valence-electron chi connectivity index (χ4n) is 2.62. The van der Waals surface area contributed by atoms with Crippen LogP contribution in [0.5, 0.6) is 5.75 Å². The molecule has 5 nitrogen and oxygen atoms in total. The number of amides is 1. The van der Waals surface area contributed by atoms with Gasteiger partial charge in [-0.05, 0) is 37.8 Å². The van der Waals surface area contributed by atoms with Gasteiger partial charge in [-0.2, -0.15) is 0 Å². The zero-order valence-corrected chi connectivity index (χ0v) is 12.9. The molecule has 1 atom stereocenters. The van der Waals surface area contributed by atoms with Gasteiger partial charge in [0.1, 0.15) is 5.75 Å². The Bertz CT molecular complexity index is 511. The van der Waals surface area contributed by atoms with Crippen LogP contribution in [0, 0.1) is 5.92 Å². The van der Waals surface area contributed by atoms with Gasteiger partial charge in [0.15, 0.2) is 0 Å². The van der Waals surface area contributed by atoms with Crippen LogP contribution in [-0.4, -0.2) is 29.1 Å². The van der Waals surface area contributed by atoms with Gasteiger partial charge < -0.3 is 15.2 Å². The molecular weight excluding hydrogens is 282 g/mol. The van der Waals surface area contributed by atoms with Crippen LogP contribution in [0.3, 0.4) is 0 Å². The number of hydrogen-bond acceptors (Lipinski definition) is 3. The summed E-state index contributed by atoms with van der Waals surface area (Å²) in [5.41, 5.74) is -0.530.